The summed E-state index contributed by atoms with van der Waals surface area (Å²) in [4.78, 5) is 15.2. The van der Waals surface area contributed by atoms with Gasteiger partial charge < -0.3 is 20.4 Å². The lowest BCUT2D eigenvalue weighted by atomic mass is 10.1. The fraction of sp³-hybridized carbons (Fsp3) is 0.200. The van der Waals surface area contributed by atoms with E-state index in [-0.39, 0.29) is 12.5 Å². The molecule has 0 atom stereocenters. The molecule has 0 aliphatic heterocycles. The van der Waals surface area contributed by atoms with E-state index in [1.807, 2.05) is 24.4 Å². The van der Waals surface area contributed by atoms with Gasteiger partial charge in [-0.25, -0.2) is 0 Å². The van der Waals surface area contributed by atoms with Gasteiger partial charge in [-0.1, -0.05) is 0 Å². The summed E-state index contributed by atoms with van der Waals surface area (Å²) in [6, 6.07) is 15.0. The molecular formula is C20H20N4O2. The number of rotatable bonds is 7. The Morgan fingerprint density at radius 3 is 2.77 bits per heavy atom. The van der Waals surface area contributed by atoms with Crippen molar-refractivity contribution in [3.63, 3.8) is 0 Å². The zero-order valence-electron chi connectivity index (χ0n) is 14.5. The molecule has 6 nitrogen and oxygen atoms in total. The summed E-state index contributed by atoms with van der Waals surface area (Å²) in [6.45, 7) is 0.742. The second kappa shape index (κ2) is 8.08. The number of amides is 1. The molecule has 0 saturated carbocycles. The Hall–Kier alpha value is -3.46. The predicted molar refractivity (Wildman–Crippen MR) is 101 cm³/mol. The fourth-order valence-electron chi connectivity index (χ4n) is 2.74. The number of carbonyl (C=O) groups is 1. The van der Waals surface area contributed by atoms with Crippen LogP contribution < -0.4 is 15.4 Å². The van der Waals surface area contributed by atoms with Crippen molar-refractivity contribution in [2.24, 2.45) is 0 Å². The first kappa shape index (κ1) is 17.4. The van der Waals surface area contributed by atoms with Gasteiger partial charge in [0.1, 0.15) is 5.75 Å². The lowest BCUT2D eigenvalue weighted by Crippen LogP contribution is -2.31. The monoisotopic (exact) mass is 348 g/mol. The lowest BCUT2D eigenvalue weighted by Gasteiger charge is -2.08. The third kappa shape index (κ3) is 4.14. The van der Waals surface area contributed by atoms with Gasteiger partial charge in [0.05, 0.1) is 25.3 Å². The van der Waals surface area contributed by atoms with E-state index in [4.69, 9.17) is 10.00 Å². The van der Waals surface area contributed by atoms with Gasteiger partial charge in [0.25, 0.3) is 0 Å². The number of anilines is 1. The summed E-state index contributed by atoms with van der Waals surface area (Å²) in [5.74, 6) is 0.737. The van der Waals surface area contributed by atoms with Crippen LogP contribution in [0.4, 0.5) is 5.69 Å². The van der Waals surface area contributed by atoms with Gasteiger partial charge in [0.15, 0.2) is 0 Å². The van der Waals surface area contributed by atoms with Gasteiger partial charge in [0, 0.05) is 29.3 Å². The molecule has 3 rings (SSSR count). The lowest BCUT2D eigenvalue weighted by molar-refractivity contribution is -0.119. The number of aromatic nitrogens is 1. The highest BCUT2D eigenvalue weighted by molar-refractivity contribution is 5.85. The molecule has 0 spiro atoms. The summed E-state index contributed by atoms with van der Waals surface area (Å²) < 4.78 is 5.27. The summed E-state index contributed by atoms with van der Waals surface area (Å²) in [5, 5.41) is 15.8. The van der Waals surface area contributed by atoms with Crippen LogP contribution in [0.3, 0.4) is 0 Å². The average Bonchev–Trinajstić information content (AvgIpc) is 3.09. The van der Waals surface area contributed by atoms with E-state index in [2.05, 4.69) is 21.7 Å². The second-order valence-corrected chi connectivity index (χ2v) is 5.87. The molecule has 1 aromatic heterocycles. The Balaban J connectivity index is 1.48. The molecule has 0 radical (unpaired) electrons. The van der Waals surface area contributed by atoms with Crippen LogP contribution in [0.5, 0.6) is 5.75 Å². The first-order valence-electron chi connectivity index (χ1n) is 8.34. The van der Waals surface area contributed by atoms with Crippen molar-refractivity contribution in [1.29, 1.82) is 5.26 Å². The molecule has 0 aliphatic rings. The van der Waals surface area contributed by atoms with E-state index in [0.717, 1.165) is 34.3 Å². The maximum absolute atomic E-state index is 12.0. The number of nitrogens with zero attached hydrogens (tertiary/aromatic N) is 1. The van der Waals surface area contributed by atoms with E-state index >= 15 is 0 Å². The molecule has 3 aromatic rings. The average molecular weight is 348 g/mol. The first-order chi connectivity index (χ1) is 12.7. The van der Waals surface area contributed by atoms with E-state index in [1.54, 1.807) is 31.4 Å². The Labute approximate surface area is 151 Å². The fourth-order valence-corrected chi connectivity index (χ4v) is 2.74. The number of hydrogen-bond donors (Lipinski definition) is 3. The topological polar surface area (TPSA) is 89.9 Å². The van der Waals surface area contributed by atoms with Gasteiger partial charge in [-0.2, -0.15) is 5.26 Å². The van der Waals surface area contributed by atoms with Crippen LogP contribution in [0.2, 0.25) is 0 Å². The molecule has 3 N–H and O–H groups in total. The Morgan fingerprint density at radius 1 is 1.23 bits per heavy atom. The smallest absolute Gasteiger partial charge is 0.239 e. The number of nitrogens with one attached hydrogen (secondary N) is 3. The molecule has 132 valence electrons. The van der Waals surface area contributed by atoms with Crippen LogP contribution in [0.15, 0.2) is 48.7 Å². The number of methoxy groups -OCH3 is 1. The van der Waals surface area contributed by atoms with Crippen LogP contribution in [0.1, 0.15) is 11.1 Å². The minimum Gasteiger partial charge on any atom is -0.497 e. The highest BCUT2D eigenvalue weighted by Crippen LogP contribution is 2.23. The molecule has 26 heavy (non-hydrogen) atoms. The van der Waals surface area contributed by atoms with Crippen LogP contribution >= 0.6 is 0 Å². The summed E-state index contributed by atoms with van der Waals surface area (Å²) >= 11 is 0. The molecule has 0 bridgehead atoms. The van der Waals surface area contributed by atoms with Gasteiger partial charge >= 0.3 is 0 Å². The number of hydrogen-bond acceptors (Lipinski definition) is 4. The molecular weight excluding hydrogens is 328 g/mol. The molecule has 0 saturated heterocycles. The molecule has 1 amide bonds. The molecule has 2 aromatic carbocycles. The number of nitriles is 1. The summed E-state index contributed by atoms with van der Waals surface area (Å²) in [7, 11) is 1.65. The van der Waals surface area contributed by atoms with Crippen molar-refractivity contribution >= 4 is 22.5 Å². The highest BCUT2D eigenvalue weighted by Gasteiger charge is 2.06. The number of carbonyl (C=O) groups excluding carboxylic acids is 1. The Morgan fingerprint density at radius 2 is 2.04 bits per heavy atom. The van der Waals surface area contributed by atoms with E-state index < -0.39 is 0 Å². The highest BCUT2D eigenvalue weighted by atomic mass is 16.5. The maximum atomic E-state index is 12.0. The maximum Gasteiger partial charge on any atom is 0.239 e. The predicted octanol–water partition coefficient (Wildman–Crippen LogP) is 2.82. The number of ether oxygens (including phenoxy) is 1. The summed E-state index contributed by atoms with van der Waals surface area (Å²) in [6.07, 6.45) is 2.70. The first-order valence-corrected chi connectivity index (χ1v) is 8.34. The van der Waals surface area contributed by atoms with Crippen LogP contribution in [-0.2, 0) is 11.2 Å². The van der Waals surface area contributed by atoms with Crippen molar-refractivity contribution in [2.45, 2.75) is 6.42 Å². The van der Waals surface area contributed by atoms with E-state index in [0.29, 0.717) is 12.1 Å². The van der Waals surface area contributed by atoms with E-state index in [1.165, 1.54) is 0 Å². The van der Waals surface area contributed by atoms with Crippen LogP contribution in [0.25, 0.3) is 10.9 Å². The minimum atomic E-state index is -0.0771. The summed E-state index contributed by atoms with van der Waals surface area (Å²) in [5.41, 5.74) is 3.59. The van der Waals surface area contributed by atoms with E-state index in [9.17, 15) is 4.79 Å². The number of benzene rings is 2. The van der Waals surface area contributed by atoms with Gasteiger partial charge in [-0.05, 0) is 54.4 Å². The minimum absolute atomic E-state index is 0.0771. The normalized spacial score (nSPS) is 10.3. The number of fused-ring (bicyclic) bond motifs is 1. The van der Waals surface area contributed by atoms with Crippen molar-refractivity contribution < 1.29 is 9.53 Å². The molecule has 0 unspecified atom stereocenters. The zero-order chi connectivity index (χ0) is 18.4. The third-order valence-electron chi connectivity index (χ3n) is 4.16. The second-order valence-electron chi connectivity index (χ2n) is 5.87. The van der Waals surface area contributed by atoms with Crippen LogP contribution in [-0.4, -0.2) is 31.1 Å². The molecule has 0 aliphatic carbocycles. The quantitative estimate of drug-likeness (QED) is 0.612. The zero-order valence-corrected chi connectivity index (χ0v) is 14.5. The molecule has 6 heteroatoms. The van der Waals surface area contributed by atoms with Crippen molar-refractivity contribution in [3.05, 3.63) is 59.8 Å². The number of aromatic amines is 1. The Kier molecular flexibility index (Phi) is 5.40. The van der Waals surface area contributed by atoms with Gasteiger partial charge in [-0.15, -0.1) is 0 Å². The van der Waals surface area contributed by atoms with Crippen molar-refractivity contribution in [2.75, 3.05) is 25.5 Å². The van der Waals surface area contributed by atoms with Gasteiger partial charge in [0.2, 0.25) is 5.91 Å². The molecule has 0 fully saturated rings. The van der Waals surface area contributed by atoms with Crippen LogP contribution in [0, 0.1) is 11.3 Å². The standard InChI is InChI=1S/C20H20N4O2/c1-26-17-6-7-19-18(10-17)15(12-24-19)8-9-22-20(25)13-23-16-4-2-14(11-21)3-5-16/h2-7,10,12,23-24H,8-9,13H2,1H3,(H,22,25). The SMILES string of the molecule is COc1ccc2[nH]cc(CCNC(=O)CNc3ccc(C#N)cc3)c2c1. The molecule has 1 heterocycles. The third-order valence-corrected chi connectivity index (χ3v) is 4.16. The van der Waals surface area contributed by atoms with Crippen molar-refractivity contribution in [1.82, 2.24) is 10.3 Å². The Bertz CT molecular complexity index is 939. The van der Waals surface area contributed by atoms with Gasteiger partial charge in [-0.3, -0.25) is 4.79 Å². The largest absolute Gasteiger partial charge is 0.497 e. The van der Waals surface area contributed by atoms with Crippen molar-refractivity contribution in [3.8, 4) is 11.8 Å². The number of H-pyrrole nitrogens is 1.